The summed E-state index contributed by atoms with van der Waals surface area (Å²) >= 11 is 0. The standard InChI is InChI=1S/C30H42O6.C21H24O10.C21H30O8.C19H26O8.C15H18O8/c1-3-5-9-15-21(31)23-25-27(35-29(33-25)17-11-7-12-18-29)24(22(32)16-10-6-4-2)28-26(23)34-30(36-28)19-13-8-14-20-30;1-5-7-11(22)14-16-17(29-10-28-16)15(12(23)8-6-2)19-18(14)30-21(31-19,20(25)27-4)9-13(24)26-3;1-20(2,3)18(22)12-14(26-9-24-7)15(27-10-25-8)13(19(23)21(4,5)6)17-16(12)28-11-29-17;1-5-7-12(20)14-16(24-9-22-3)17(25-10-23-4)15(13(21)8-6-2)19-18(14)26-11-27-19;1-8(16)10-12(20-5-18-3)13(21-6-19-4)11(9(2)17)15-14(10)22-7-23-15/h3-20H2,1-2H3;5-10H2,1-4H3;9-11H2,1-8H3;5-11H2,1-4H3;5-7H2,1-4H3. The van der Waals surface area contributed by atoms with Gasteiger partial charge in [-0.2, -0.15) is 0 Å². The van der Waals surface area contributed by atoms with Gasteiger partial charge in [-0.3, -0.25) is 52.7 Å². The molecule has 5 aromatic carbocycles. The van der Waals surface area contributed by atoms with Crippen LogP contribution in [0.4, 0.5) is 0 Å². The number of carbonyl (C=O) groups is 12. The summed E-state index contributed by atoms with van der Waals surface area (Å²) in [5.41, 5.74) is 0.311. The van der Waals surface area contributed by atoms with Gasteiger partial charge in [-0.05, 0) is 78.1 Å². The third-order valence-corrected chi connectivity index (χ3v) is 24.3. The Morgan fingerprint density at radius 2 is 0.500 bits per heavy atom. The molecule has 804 valence electrons. The Balaban J connectivity index is 0.000000188. The van der Waals surface area contributed by atoms with E-state index in [0.717, 1.165) is 117 Å². The van der Waals surface area contributed by atoms with E-state index < -0.39 is 46.6 Å². The first-order valence-electron chi connectivity index (χ1n) is 49.4. The lowest BCUT2D eigenvalue weighted by atomic mass is 9.82. The smallest absolute Gasteiger partial charge is 0.393 e. The lowest BCUT2D eigenvalue weighted by Crippen LogP contribution is -2.49. The molecule has 0 saturated heterocycles. The number of benzene rings is 5. The second-order valence-electron chi connectivity index (χ2n) is 37.5. The molecule has 0 aromatic heterocycles. The molecule has 0 bridgehead atoms. The van der Waals surface area contributed by atoms with Crippen LogP contribution in [0.2, 0.25) is 0 Å². The maximum Gasteiger partial charge on any atom is 0.393 e. The van der Waals surface area contributed by atoms with Gasteiger partial charge in [-0.1, -0.05) is 122 Å². The largest absolute Gasteiger partial charge is 0.469 e. The number of unbranched alkanes of at least 4 members (excludes halogenated alkanes) is 4. The van der Waals surface area contributed by atoms with Crippen molar-refractivity contribution in [1.29, 1.82) is 0 Å². The summed E-state index contributed by atoms with van der Waals surface area (Å²) in [6.45, 7) is 23.7. The van der Waals surface area contributed by atoms with E-state index in [4.69, 9.17) is 128 Å². The predicted octanol–water partition coefficient (Wildman–Crippen LogP) is 19.6. The van der Waals surface area contributed by atoms with Crippen molar-refractivity contribution in [2.24, 2.45) is 10.8 Å². The summed E-state index contributed by atoms with van der Waals surface area (Å²) in [5, 5.41) is 0. The van der Waals surface area contributed by atoms with Crippen molar-refractivity contribution in [3.8, 4) is 115 Å². The Hall–Kier alpha value is -12.5. The summed E-state index contributed by atoms with van der Waals surface area (Å²) in [6.07, 6.45) is 18.4. The highest BCUT2D eigenvalue weighted by Gasteiger charge is 2.58. The number of methoxy groups -OCH3 is 8. The second kappa shape index (κ2) is 52.7. The molecular weight excluding hydrogens is 1910 g/mol. The van der Waals surface area contributed by atoms with Crippen molar-refractivity contribution < 1.29 is 190 Å². The lowest BCUT2D eigenvalue weighted by Gasteiger charge is -2.32. The Kier molecular flexibility index (Phi) is 41.7. The number of hydrogen-bond donors (Lipinski definition) is 0. The van der Waals surface area contributed by atoms with Crippen molar-refractivity contribution in [2.75, 3.05) is 125 Å². The third kappa shape index (κ3) is 25.8. The number of carbonyl (C=O) groups excluding carboxylic acids is 12. The Labute approximate surface area is 849 Å². The lowest BCUT2D eigenvalue weighted by molar-refractivity contribution is -0.187. The van der Waals surface area contributed by atoms with Crippen LogP contribution in [0.25, 0.3) is 0 Å². The zero-order valence-corrected chi connectivity index (χ0v) is 88.0. The van der Waals surface area contributed by atoms with Crippen molar-refractivity contribution >= 4 is 69.8 Å². The van der Waals surface area contributed by atoms with Crippen LogP contribution in [0, 0.1) is 10.8 Å². The minimum Gasteiger partial charge on any atom is -0.469 e. The SMILES string of the molecule is CCCC(=O)c1c(OCOC)c(OCOC)c(C(=O)CCC)c2c1OCO2.CCCC(=O)c1c2c(c(C(=O)CCC)c3c1OC(CC(=O)OC)(C(=O)OC)O3)OCO2.CCCCCC(=O)c1c2c(c(C(=O)CCCCC)c3c1OC1(CCCCC1)O3)OC1(CCCCC1)O2.COCOc1c(OCOC)c(C(=O)C(C)(C)C)c2c(c1C(=O)C(C)(C)C)OCO2.COCOc1c(OCOC)c(C(C)=O)c2c(c1C(C)=O)OCO2. The summed E-state index contributed by atoms with van der Waals surface area (Å²) in [4.78, 5) is 154. The first-order valence-corrected chi connectivity index (χ1v) is 49.4. The topological polar surface area (TPSA) is 463 Å². The van der Waals surface area contributed by atoms with Gasteiger partial charge in [-0.15, -0.1) is 0 Å². The highest BCUT2D eigenvalue weighted by atomic mass is 16.8. The molecule has 2 saturated carbocycles. The van der Waals surface area contributed by atoms with E-state index in [9.17, 15) is 57.5 Å². The molecule has 14 rings (SSSR count). The van der Waals surface area contributed by atoms with E-state index in [-0.39, 0.29) is 288 Å². The zero-order chi connectivity index (χ0) is 107. The van der Waals surface area contributed by atoms with E-state index in [2.05, 4.69) is 18.6 Å². The van der Waals surface area contributed by atoms with Crippen LogP contribution in [0.3, 0.4) is 0 Å². The molecule has 40 nitrogen and oxygen atoms in total. The van der Waals surface area contributed by atoms with Gasteiger partial charge in [0.1, 0.15) is 62.1 Å². The first-order chi connectivity index (χ1) is 69.9. The molecule has 2 aliphatic carbocycles. The number of fused-ring (bicyclic) bond motifs is 7. The third-order valence-electron chi connectivity index (χ3n) is 24.3. The van der Waals surface area contributed by atoms with E-state index in [1.165, 1.54) is 56.5 Å². The fourth-order valence-corrected chi connectivity index (χ4v) is 17.5. The normalized spacial score (nSPS) is 15.1. The van der Waals surface area contributed by atoms with E-state index in [1.807, 2.05) is 27.7 Å². The molecule has 9 aliphatic rings. The van der Waals surface area contributed by atoms with Gasteiger partial charge in [0, 0.05) is 118 Å². The molecule has 0 unspecified atom stereocenters. The van der Waals surface area contributed by atoms with Gasteiger partial charge in [0.05, 0.1) is 14.2 Å². The molecule has 0 amide bonds. The molecule has 0 atom stereocenters. The maximum atomic E-state index is 13.7. The maximum absolute atomic E-state index is 13.7. The minimum atomic E-state index is -2.26. The molecule has 2 fully saturated rings. The second-order valence-corrected chi connectivity index (χ2v) is 37.5. The Morgan fingerprint density at radius 3 is 0.747 bits per heavy atom. The first kappa shape index (κ1) is 115. The number of hydrogen-bond acceptors (Lipinski definition) is 40. The molecule has 40 heteroatoms. The van der Waals surface area contributed by atoms with Crippen LogP contribution in [-0.2, 0) is 47.5 Å². The molecule has 7 aliphatic heterocycles. The molecular formula is C106H140O40. The van der Waals surface area contributed by atoms with E-state index >= 15 is 0 Å². The number of ether oxygens (including phenoxy) is 28. The van der Waals surface area contributed by atoms with Gasteiger partial charge >= 0.3 is 17.7 Å². The minimum absolute atomic E-state index is 0.00569. The van der Waals surface area contributed by atoms with E-state index in [0.29, 0.717) is 72.6 Å². The molecule has 2 spiro atoms. The molecule has 0 N–H and O–H groups in total. The van der Waals surface area contributed by atoms with Crippen LogP contribution < -0.4 is 94.7 Å². The van der Waals surface area contributed by atoms with Crippen molar-refractivity contribution in [3.05, 3.63) is 55.6 Å². The van der Waals surface area contributed by atoms with Gasteiger partial charge in [0.25, 0.3) is 11.6 Å². The van der Waals surface area contributed by atoms with Crippen LogP contribution >= 0.6 is 0 Å². The van der Waals surface area contributed by atoms with Crippen LogP contribution in [-0.4, -0.2) is 212 Å². The van der Waals surface area contributed by atoms with Crippen LogP contribution in [0.1, 0.15) is 374 Å². The average molecular weight is 2050 g/mol. The number of ketones is 10. The fourth-order valence-electron chi connectivity index (χ4n) is 17.5. The predicted molar refractivity (Wildman–Crippen MR) is 520 cm³/mol. The Morgan fingerprint density at radius 1 is 0.267 bits per heavy atom. The summed E-state index contributed by atoms with van der Waals surface area (Å²) in [6, 6.07) is 0. The summed E-state index contributed by atoms with van der Waals surface area (Å²) in [7, 11) is 10.9. The average Bonchev–Trinajstić information content (AvgIpc) is 1.55. The van der Waals surface area contributed by atoms with Crippen molar-refractivity contribution in [3.63, 3.8) is 0 Å². The summed E-state index contributed by atoms with van der Waals surface area (Å²) in [5.74, 6) is -4.87. The molecule has 146 heavy (non-hydrogen) atoms. The number of esters is 2. The molecule has 5 aromatic rings. The van der Waals surface area contributed by atoms with Crippen LogP contribution in [0.15, 0.2) is 0 Å². The van der Waals surface area contributed by atoms with Crippen molar-refractivity contribution in [2.45, 2.75) is 288 Å². The van der Waals surface area contributed by atoms with Gasteiger partial charge in [-0.25, -0.2) is 4.79 Å². The van der Waals surface area contributed by atoms with E-state index in [1.54, 1.807) is 41.5 Å². The highest BCUT2D eigenvalue weighted by Crippen LogP contribution is 2.63. The van der Waals surface area contributed by atoms with Gasteiger partial charge in [0.2, 0.25) is 27.2 Å². The monoisotopic (exact) mass is 2050 g/mol. The van der Waals surface area contributed by atoms with Gasteiger partial charge in [0.15, 0.2) is 214 Å². The molecule has 7 heterocycles. The summed E-state index contributed by atoms with van der Waals surface area (Å²) < 4.78 is 155. The Bertz CT molecular complexity index is 5210. The number of Topliss-reactive ketones (excluding diaryl/α,β-unsaturated/α-hetero) is 10. The molecule has 0 radical (unpaired) electrons. The van der Waals surface area contributed by atoms with Crippen LogP contribution in [0.5, 0.6) is 115 Å². The fraction of sp³-hybridized carbons (Fsp3) is 0.604. The highest BCUT2D eigenvalue weighted by molar-refractivity contribution is 6.15. The van der Waals surface area contributed by atoms with Crippen molar-refractivity contribution in [1.82, 2.24) is 0 Å². The quantitative estimate of drug-likeness (QED) is 0.0151. The number of rotatable bonds is 47. The van der Waals surface area contributed by atoms with Gasteiger partial charge < -0.3 is 133 Å². The zero-order valence-electron chi connectivity index (χ0n) is 88.0.